The van der Waals surface area contributed by atoms with Crippen molar-refractivity contribution in [3.05, 3.63) is 42.0 Å². The third-order valence-corrected chi connectivity index (χ3v) is 3.93. The second-order valence-corrected chi connectivity index (χ2v) is 6.02. The van der Waals surface area contributed by atoms with Gasteiger partial charge in [-0.25, -0.2) is 4.79 Å². The van der Waals surface area contributed by atoms with E-state index in [0.29, 0.717) is 17.1 Å². The van der Waals surface area contributed by atoms with Gasteiger partial charge in [-0.15, -0.1) is 15.0 Å². The summed E-state index contributed by atoms with van der Waals surface area (Å²) < 4.78 is 31.8. The van der Waals surface area contributed by atoms with Gasteiger partial charge in [0.1, 0.15) is 22.3 Å². The fraction of sp³-hybridized carbons (Fsp3) is 0. The van der Waals surface area contributed by atoms with E-state index in [1.54, 1.807) is 24.3 Å². The van der Waals surface area contributed by atoms with E-state index >= 15 is 0 Å². The monoisotopic (exact) mass is 335 g/mol. The molecule has 0 saturated heterocycles. The summed E-state index contributed by atoms with van der Waals surface area (Å²) in [5, 5.41) is 27.2. The summed E-state index contributed by atoms with van der Waals surface area (Å²) in [6.07, 6.45) is 0. The van der Waals surface area contributed by atoms with E-state index in [-0.39, 0.29) is 5.69 Å². The highest BCUT2D eigenvalue weighted by Gasteiger charge is 2.23. The number of aromatic nitrogens is 3. The number of carbonyl (C=O) groups is 1. The number of fused-ring (bicyclic) bond motifs is 1. The van der Waals surface area contributed by atoms with Crippen molar-refractivity contribution < 1.29 is 28.0 Å². The Hall–Kier alpha value is -2.98. The highest BCUT2D eigenvalue weighted by Crippen LogP contribution is 2.29. The second-order valence-electron chi connectivity index (χ2n) is 4.60. The number of hydrogen-bond donors (Lipinski definition) is 3. The summed E-state index contributed by atoms with van der Waals surface area (Å²) in [5.74, 6) is -2.28. The molecule has 0 aliphatic heterocycles. The first-order valence-corrected chi connectivity index (χ1v) is 7.61. The molecule has 0 aliphatic rings. The zero-order chi connectivity index (χ0) is 16.8. The maximum absolute atomic E-state index is 11.3. The molecule has 9 nitrogen and oxygen atoms in total. The minimum atomic E-state index is -4.68. The summed E-state index contributed by atoms with van der Waals surface area (Å²) >= 11 is 0. The number of aromatic carboxylic acids is 1. The molecular weight excluding hydrogens is 326 g/mol. The van der Waals surface area contributed by atoms with Gasteiger partial charge in [0, 0.05) is 0 Å². The fourth-order valence-corrected chi connectivity index (χ4v) is 2.55. The number of phenols is 1. The predicted molar refractivity (Wildman–Crippen MR) is 77.3 cm³/mol. The smallest absolute Gasteiger partial charge is 0.339 e. The number of nitrogens with zero attached hydrogens (tertiary/aromatic N) is 3. The number of carboxylic acid groups (broad SMARTS) is 1. The zero-order valence-electron chi connectivity index (χ0n) is 11.3. The molecule has 0 amide bonds. The molecule has 10 heteroatoms. The Morgan fingerprint density at radius 2 is 1.65 bits per heavy atom. The zero-order valence-corrected chi connectivity index (χ0v) is 12.1. The van der Waals surface area contributed by atoms with Gasteiger partial charge in [0.05, 0.1) is 4.90 Å². The Morgan fingerprint density at radius 1 is 1.09 bits per heavy atom. The molecule has 2 aromatic carbocycles. The van der Waals surface area contributed by atoms with Crippen LogP contribution in [0.15, 0.2) is 41.3 Å². The first-order chi connectivity index (χ1) is 10.8. The Labute approximate surface area is 129 Å². The molecule has 0 bridgehead atoms. The van der Waals surface area contributed by atoms with Crippen molar-refractivity contribution >= 4 is 27.1 Å². The minimum Gasteiger partial charge on any atom is -0.505 e. The van der Waals surface area contributed by atoms with Crippen molar-refractivity contribution in [2.24, 2.45) is 0 Å². The number of hydrogen-bond acceptors (Lipinski definition) is 6. The highest BCUT2D eigenvalue weighted by atomic mass is 32.2. The molecule has 3 rings (SSSR count). The molecule has 0 radical (unpaired) electrons. The van der Waals surface area contributed by atoms with Gasteiger partial charge in [-0.1, -0.05) is 12.1 Å². The standard InChI is InChI=1S/C13H9N3O6S/c17-12-8(13(18)19)5-7(23(20,21)22)6-11(12)16-14-9-3-1-2-4-10(9)15-16/h1-6,17H,(H,18,19)(H,20,21,22). The molecular formula is C13H9N3O6S. The van der Waals surface area contributed by atoms with Crippen LogP contribution in [0.1, 0.15) is 10.4 Å². The molecule has 0 atom stereocenters. The summed E-state index contributed by atoms with van der Waals surface area (Å²) in [6.45, 7) is 0. The van der Waals surface area contributed by atoms with Crippen LogP contribution in [0, 0.1) is 0 Å². The van der Waals surface area contributed by atoms with E-state index in [4.69, 9.17) is 9.66 Å². The molecule has 0 saturated carbocycles. The van der Waals surface area contributed by atoms with Crippen molar-refractivity contribution in [2.45, 2.75) is 4.90 Å². The minimum absolute atomic E-state index is 0.284. The SMILES string of the molecule is O=C(O)c1cc(S(=O)(=O)O)cc(-n2nc3ccccc3n2)c1O. The third-order valence-electron chi connectivity index (χ3n) is 3.09. The molecule has 1 aromatic heterocycles. The van der Waals surface area contributed by atoms with Crippen molar-refractivity contribution in [1.29, 1.82) is 0 Å². The third kappa shape index (κ3) is 2.60. The topological polar surface area (TPSA) is 143 Å². The first kappa shape index (κ1) is 14.9. The van der Waals surface area contributed by atoms with Gasteiger partial charge in [-0.3, -0.25) is 4.55 Å². The normalized spacial score (nSPS) is 11.7. The van der Waals surface area contributed by atoms with E-state index in [9.17, 15) is 18.3 Å². The number of aromatic hydroxyl groups is 1. The van der Waals surface area contributed by atoms with Crippen molar-refractivity contribution in [3.8, 4) is 11.4 Å². The van der Waals surface area contributed by atoms with Gasteiger partial charge in [0.15, 0.2) is 5.75 Å². The van der Waals surface area contributed by atoms with Crippen LogP contribution in [0.25, 0.3) is 16.7 Å². The molecule has 0 fully saturated rings. The van der Waals surface area contributed by atoms with Gasteiger partial charge < -0.3 is 10.2 Å². The van der Waals surface area contributed by atoms with Crippen LogP contribution >= 0.6 is 0 Å². The van der Waals surface area contributed by atoms with Crippen LogP contribution in [-0.4, -0.2) is 44.1 Å². The lowest BCUT2D eigenvalue weighted by Gasteiger charge is -2.08. The average Bonchev–Trinajstić information content (AvgIpc) is 2.89. The lowest BCUT2D eigenvalue weighted by Crippen LogP contribution is -2.08. The highest BCUT2D eigenvalue weighted by molar-refractivity contribution is 7.85. The van der Waals surface area contributed by atoms with Crippen molar-refractivity contribution in [3.63, 3.8) is 0 Å². The first-order valence-electron chi connectivity index (χ1n) is 6.17. The summed E-state index contributed by atoms with van der Waals surface area (Å²) in [7, 11) is -4.68. The van der Waals surface area contributed by atoms with E-state index in [1.165, 1.54) is 0 Å². The Kier molecular flexibility index (Phi) is 3.27. The number of carboxylic acids is 1. The number of benzene rings is 2. The van der Waals surface area contributed by atoms with Gasteiger partial charge in [0.2, 0.25) is 0 Å². The molecule has 3 aromatic rings. The van der Waals surface area contributed by atoms with Crippen LogP contribution in [-0.2, 0) is 10.1 Å². The average molecular weight is 335 g/mol. The van der Waals surface area contributed by atoms with Gasteiger partial charge in [-0.2, -0.15) is 8.42 Å². The second kappa shape index (κ2) is 5.04. The number of rotatable bonds is 3. The Morgan fingerprint density at radius 3 is 2.13 bits per heavy atom. The Bertz CT molecular complexity index is 1010. The molecule has 3 N–H and O–H groups in total. The van der Waals surface area contributed by atoms with E-state index in [1.807, 2.05) is 0 Å². The predicted octanol–water partition coefficient (Wildman–Crippen LogP) is 1.07. The van der Waals surface area contributed by atoms with E-state index in [2.05, 4.69) is 10.2 Å². The van der Waals surface area contributed by atoms with Gasteiger partial charge in [0.25, 0.3) is 10.1 Å². The maximum atomic E-state index is 11.3. The van der Waals surface area contributed by atoms with Crippen LogP contribution < -0.4 is 0 Å². The molecule has 0 unspecified atom stereocenters. The van der Waals surface area contributed by atoms with Crippen molar-refractivity contribution in [1.82, 2.24) is 15.0 Å². The molecule has 0 spiro atoms. The molecule has 1 heterocycles. The van der Waals surface area contributed by atoms with E-state index in [0.717, 1.165) is 10.9 Å². The van der Waals surface area contributed by atoms with Crippen molar-refractivity contribution in [2.75, 3.05) is 0 Å². The van der Waals surface area contributed by atoms with Gasteiger partial charge in [-0.05, 0) is 24.3 Å². The fourth-order valence-electron chi connectivity index (χ4n) is 2.03. The van der Waals surface area contributed by atoms with E-state index < -0.39 is 32.3 Å². The summed E-state index contributed by atoms with van der Waals surface area (Å²) in [6, 6.07) is 8.23. The quantitative estimate of drug-likeness (QED) is 0.603. The maximum Gasteiger partial charge on any atom is 0.339 e. The van der Waals surface area contributed by atoms with Crippen LogP contribution in [0.4, 0.5) is 0 Å². The van der Waals surface area contributed by atoms with Crippen LogP contribution in [0.2, 0.25) is 0 Å². The summed E-state index contributed by atoms with van der Waals surface area (Å²) in [4.78, 5) is 11.4. The summed E-state index contributed by atoms with van der Waals surface area (Å²) in [5.41, 5.74) is -0.0627. The Balaban J connectivity index is 2.33. The molecule has 118 valence electrons. The lowest BCUT2D eigenvalue weighted by atomic mass is 10.2. The lowest BCUT2D eigenvalue weighted by molar-refractivity contribution is 0.0693. The van der Waals surface area contributed by atoms with Crippen LogP contribution in [0.5, 0.6) is 5.75 Å². The van der Waals surface area contributed by atoms with Gasteiger partial charge >= 0.3 is 5.97 Å². The van der Waals surface area contributed by atoms with Crippen LogP contribution in [0.3, 0.4) is 0 Å². The molecule has 0 aliphatic carbocycles. The largest absolute Gasteiger partial charge is 0.505 e. The molecule has 23 heavy (non-hydrogen) atoms.